The molecular formula is C17H15N3O4S. The van der Waals surface area contributed by atoms with Crippen LogP contribution in [-0.2, 0) is 9.59 Å². The normalized spacial score (nSPS) is 16.0. The third-order valence-electron chi connectivity index (χ3n) is 3.56. The van der Waals surface area contributed by atoms with Gasteiger partial charge in [0.2, 0.25) is 0 Å². The van der Waals surface area contributed by atoms with E-state index in [-0.39, 0.29) is 24.6 Å². The van der Waals surface area contributed by atoms with E-state index in [9.17, 15) is 14.4 Å². The molecule has 0 aliphatic carbocycles. The van der Waals surface area contributed by atoms with E-state index in [1.807, 2.05) is 30.3 Å². The first-order valence-electron chi connectivity index (χ1n) is 7.63. The fraction of sp³-hybridized carbons (Fsp3) is 0.176. The molecule has 1 aliphatic heterocycles. The Hall–Kier alpha value is -2.87. The van der Waals surface area contributed by atoms with E-state index in [4.69, 9.17) is 5.11 Å². The van der Waals surface area contributed by atoms with Crippen LogP contribution in [0.1, 0.15) is 18.5 Å². The van der Waals surface area contributed by atoms with Crippen LogP contribution in [0.3, 0.4) is 0 Å². The summed E-state index contributed by atoms with van der Waals surface area (Å²) in [6.07, 6.45) is 3.51. The first-order valence-corrected chi connectivity index (χ1v) is 8.44. The molecule has 1 aromatic carbocycles. The molecule has 0 spiro atoms. The number of imide groups is 1. The van der Waals surface area contributed by atoms with Gasteiger partial charge in [0.15, 0.2) is 0 Å². The van der Waals surface area contributed by atoms with Crippen LogP contribution in [0.15, 0.2) is 47.5 Å². The minimum absolute atomic E-state index is 0.0811. The summed E-state index contributed by atoms with van der Waals surface area (Å²) in [5, 5.41) is 12.6. The van der Waals surface area contributed by atoms with Crippen LogP contribution in [0.25, 0.3) is 11.8 Å². The van der Waals surface area contributed by atoms with Crippen molar-refractivity contribution in [3.05, 3.63) is 53.2 Å². The fourth-order valence-electron chi connectivity index (χ4n) is 2.36. The van der Waals surface area contributed by atoms with Crippen LogP contribution in [0.2, 0.25) is 0 Å². The van der Waals surface area contributed by atoms with Gasteiger partial charge in [0.1, 0.15) is 0 Å². The fourth-order valence-corrected chi connectivity index (χ4v) is 3.20. The summed E-state index contributed by atoms with van der Waals surface area (Å²) < 4.78 is 1.68. The minimum atomic E-state index is -0.950. The lowest BCUT2D eigenvalue weighted by atomic mass is 10.3. The second kappa shape index (κ2) is 7.35. The number of thioether (sulfide) groups is 1. The smallest absolute Gasteiger partial charge is 0.303 e. The van der Waals surface area contributed by atoms with Crippen molar-refractivity contribution < 1.29 is 19.5 Å². The minimum Gasteiger partial charge on any atom is -0.481 e. The molecule has 0 unspecified atom stereocenters. The van der Waals surface area contributed by atoms with Crippen molar-refractivity contribution in [1.29, 1.82) is 0 Å². The number of hydrogen-bond donors (Lipinski definition) is 1. The number of amides is 2. The average Bonchev–Trinajstić information content (AvgIpc) is 3.16. The van der Waals surface area contributed by atoms with Crippen LogP contribution < -0.4 is 0 Å². The van der Waals surface area contributed by atoms with Gasteiger partial charge >= 0.3 is 5.97 Å². The number of carbonyl (C=O) groups excluding carboxylic acids is 2. The van der Waals surface area contributed by atoms with E-state index in [0.717, 1.165) is 22.3 Å². The molecule has 8 heteroatoms. The summed E-state index contributed by atoms with van der Waals surface area (Å²) in [7, 11) is 0. The van der Waals surface area contributed by atoms with Gasteiger partial charge in [-0.1, -0.05) is 18.2 Å². The van der Waals surface area contributed by atoms with E-state index >= 15 is 0 Å². The third kappa shape index (κ3) is 3.97. The van der Waals surface area contributed by atoms with E-state index in [1.165, 1.54) is 0 Å². The van der Waals surface area contributed by atoms with Crippen LogP contribution in [-0.4, -0.2) is 43.4 Å². The molecule has 1 aliphatic rings. The van der Waals surface area contributed by atoms with Gasteiger partial charge in [0.05, 0.1) is 16.3 Å². The SMILES string of the molecule is O=C(O)CCCN1C(=O)S/C(=C\c2ccn(-c3ccccc3)n2)C1=O. The number of para-hydroxylation sites is 1. The van der Waals surface area contributed by atoms with Gasteiger partial charge in [-0.25, -0.2) is 4.68 Å². The number of carboxylic acid groups (broad SMARTS) is 1. The number of rotatable bonds is 6. The molecule has 0 saturated carbocycles. The molecule has 2 amide bonds. The molecule has 1 N–H and O–H groups in total. The first-order chi connectivity index (χ1) is 12.0. The highest BCUT2D eigenvalue weighted by Gasteiger charge is 2.34. The molecule has 3 rings (SSSR count). The zero-order valence-electron chi connectivity index (χ0n) is 13.2. The Kier molecular flexibility index (Phi) is 4.99. The highest BCUT2D eigenvalue weighted by atomic mass is 32.2. The summed E-state index contributed by atoms with van der Waals surface area (Å²) in [4.78, 5) is 36.2. The zero-order valence-corrected chi connectivity index (χ0v) is 14.0. The molecule has 1 aromatic heterocycles. The van der Waals surface area contributed by atoms with Gasteiger partial charge in [-0.2, -0.15) is 5.10 Å². The predicted molar refractivity (Wildman–Crippen MR) is 93.1 cm³/mol. The Morgan fingerprint density at radius 2 is 1.96 bits per heavy atom. The molecule has 0 radical (unpaired) electrons. The Balaban J connectivity index is 1.72. The lowest BCUT2D eigenvalue weighted by Gasteiger charge is -2.10. The van der Waals surface area contributed by atoms with Gasteiger partial charge in [0, 0.05) is 19.2 Å². The van der Waals surface area contributed by atoms with Gasteiger partial charge < -0.3 is 5.11 Å². The number of aromatic nitrogens is 2. The van der Waals surface area contributed by atoms with Crippen molar-refractivity contribution in [3.63, 3.8) is 0 Å². The highest BCUT2D eigenvalue weighted by molar-refractivity contribution is 8.18. The summed E-state index contributed by atoms with van der Waals surface area (Å²) in [6.45, 7) is 0.104. The summed E-state index contributed by atoms with van der Waals surface area (Å²) >= 11 is 0.842. The van der Waals surface area contributed by atoms with E-state index in [2.05, 4.69) is 5.10 Å². The van der Waals surface area contributed by atoms with Crippen molar-refractivity contribution in [2.45, 2.75) is 12.8 Å². The molecular weight excluding hydrogens is 342 g/mol. The predicted octanol–water partition coefficient (Wildman–Crippen LogP) is 2.77. The number of carbonyl (C=O) groups is 3. The van der Waals surface area contributed by atoms with Crippen molar-refractivity contribution in [2.24, 2.45) is 0 Å². The van der Waals surface area contributed by atoms with Crippen molar-refractivity contribution in [3.8, 4) is 5.69 Å². The van der Waals surface area contributed by atoms with E-state index in [0.29, 0.717) is 10.6 Å². The maximum Gasteiger partial charge on any atom is 0.303 e. The Bertz CT molecular complexity index is 845. The number of aliphatic carboxylic acids is 1. The van der Waals surface area contributed by atoms with Crippen LogP contribution >= 0.6 is 11.8 Å². The number of nitrogens with zero attached hydrogens (tertiary/aromatic N) is 3. The highest BCUT2D eigenvalue weighted by Crippen LogP contribution is 2.32. The molecule has 2 aromatic rings. The summed E-state index contributed by atoms with van der Waals surface area (Å²) in [6, 6.07) is 11.3. The largest absolute Gasteiger partial charge is 0.481 e. The van der Waals surface area contributed by atoms with Gasteiger partial charge in [-0.05, 0) is 42.5 Å². The molecule has 7 nitrogen and oxygen atoms in total. The second-order valence-corrected chi connectivity index (χ2v) is 6.34. The van der Waals surface area contributed by atoms with Gasteiger partial charge in [-0.15, -0.1) is 0 Å². The van der Waals surface area contributed by atoms with Gasteiger partial charge in [0.25, 0.3) is 11.1 Å². The number of carboxylic acids is 1. The molecule has 0 bridgehead atoms. The molecule has 128 valence electrons. The summed E-state index contributed by atoms with van der Waals surface area (Å²) in [5.74, 6) is -1.36. The molecule has 1 saturated heterocycles. The topological polar surface area (TPSA) is 92.5 Å². The molecule has 25 heavy (non-hydrogen) atoms. The van der Waals surface area contributed by atoms with Crippen molar-refractivity contribution in [1.82, 2.24) is 14.7 Å². The average molecular weight is 357 g/mol. The Morgan fingerprint density at radius 3 is 2.68 bits per heavy atom. The zero-order chi connectivity index (χ0) is 17.8. The first kappa shape index (κ1) is 17.0. The van der Waals surface area contributed by atoms with Crippen LogP contribution in [0, 0.1) is 0 Å². The lowest BCUT2D eigenvalue weighted by molar-refractivity contribution is -0.137. The standard InChI is InChI=1S/C17H15N3O4S/c21-15(22)7-4-9-19-16(23)14(25-17(19)24)11-12-8-10-20(18-12)13-5-2-1-3-6-13/h1-3,5-6,8,10-11H,4,7,9H2,(H,21,22)/b14-11-. The third-order valence-corrected chi connectivity index (χ3v) is 4.46. The number of benzene rings is 1. The van der Waals surface area contributed by atoms with E-state index < -0.39 is 11.9 Å². The lowest BCUT2D eigenvalue weighted by Crippen LogP contribution is -2.29. The summed E-state index contributed by atoms with van der Waals surface area (Å²) in [5.41, 5.74) is 1.46. The maximum absolute atomic E-state index is 12.3. The number of hydrogen-bond acceptors (Lipinski definition) is 5. The van der Waals surface area contributed by atoms with E-state index in [1.54, 1.807) is 23.0 Å². The maximum atomic E-state index is 12.3. The van der Waals surface area contributed by atoms with Gasteiger partial charge in [-0.3, -0.25) is 19.3 Å². The Morgan fingerprint density at radius 1 is 1.20 bits per heavy atom. The molecule has 0 atom stereocenters. The Labute approximate surface area is 147 Å². The van der Waals surface area contributed by atoms with Crippen molar-refractivity contribution >= 4 is 35.0 Å². The van der Waals surface area contributed by atoms with Crippen LogP contribution in [0.4, 0.5) is 4.79 Å². The molecule has 2 heterocycles. The monoisotopic (exact) mass is 357 g/mol. The van der Waals surface area contributed by atoms with Crippen molar-refractivity contribution in [2.75, 3.05) is 6.54 Å². The van der Waals surface area contributed by atoms with Crippen LogP contribution in [0.5, 0.6) is 0 Å². The second-order valence-electron chi connectivity index (χ2n) is 5.35. The quantitative estimate of drug-likeness (QED) is 0.799. The molecule has 1 fully saturated rings.